The summed E-state index contributed by atoms with van der Waals surface area (Å²) in [4.78, 5) is 8.76. The van der Waals surface area contributed by atoms with Crippen LogP contribution in [0.5, 0.6) is 0 Å². The zero-order valence-electron chi connectivity index (χ0n) is 12.1. The number of pyridine rings is 2. The van der Waals surface area contributed by atoms with Crippen LogP contribution in [0.3, 0.4) is 0 Å². The molecule has 0 saturated heterocycles. The standard InChI is InChI=1S/C16H18N4/c1-4-9-20-12(3)15-11(2)10-14(18-16(15)19-20)13-5-7-17-8-6-13/h5-8,10H,4,9H2,1-3H3. The van der Waals surface area contributed by atoms with Gasteiger partial charge < -0.3 is 0 Å². The van der Waals surface area contributed by atoms with E-state index in [2.05, 4.69) is 41.6 Å². The molecule has 102 valence electrons. The van der Waals surface area contributed by atoms with E-state index >= 15 is 0 Å². The minimum Gasteiger partial charge on any atom is -0.267 e. The van der Waals surface area contributed by atoms with E-state index in [0.717, 1.165) is 29.9 Å². The van der Waals surface area contributed by atoms with Gasteiger partial charge >= 0.3 is 0 Å². The Balaban J connectivity index is 2.19. The first-order valence-electron chi connectivity index (χ1n) is 6.96. The molecule has 0 atom stereocenters. The van der Waals surface area contributed by atoms with Crippen LogP contribution in [0.15, 0.2) is 30.6 Å². The highest BCUT2D eigenvalue weighted by molar-refractivity contribution is 5.84. The van der Waals surface area contributed by atoms with Gasteiger partial charge in [-0.05, 0) is 44.0 Å². The molecule has 0 aliphatic carbocycles. The fourth-order valence-electron chi connectivity index (χ4n) is 2.59. The number of hydrogen-bond donors (Lipinski definition) is 0. The molecule has 4 heteroatoms. The third kappa shape index (κ3) is 2.07. The second-order valence-electron chi connectivity index (χ2n) is 5.07. The van der Waals surface area contributed by atoms with E-state index in [0.29, 0.717) is 0 Å². The minimum absolute atomic E-state index is 0.836. The average Bonchev–Trinajstić information content (AvgIpc) is 2.77. The summed E-state index contributed by atoms with van der Waals surface area (Å²) in [6.45, 7) is 7.34. The van der Waals surface area contributed by atoms with Crippen molar-refractivity contribution >= 4 is 11.0 Å². The predicted octanol–water partition coefficient (Wildman–Crippen LogP) is 3.52. The molecule has 3 aromatic rings. The number of nitrogens with zero attached hydrogens (tertiary/aromatic N) is 4. The van der Waals surface area contributed by atoms with Crippen LogP contribution in [0.2, 0.25) is 0 Å². The van der Waals surface area contributed by atoms with Crippen LogP contribution in [0.1, 0.15) is 24.6 Å². The Labute approximate surface area is 118 Å². The van der Waals surface area contributed by atoms with Gasteiger partial charge in [0.05, 0.1) is 5.69 Å². The lowest BCUT2D eigenvalue weighted by atomic mass is 10.1. The molecule has 0 aromatic carbocycles. The first kappa shape index (κ1) is 12.8. The Morgan fingerprint density at radius 1 is 1.15 bits per heavy atom. The largest absolute Gasteiger partial charge is 0.267 e. The van der Waals surface area contributed by atoms with E-state index < -0.39 is 0 Å². The smallest absolute Gasteiger partial charge is 0.182 e. The normalized spacial score (nSPS) is 11.2. The van der Waals surface area contributed by atoms with Crippen molar-refractivity contribution in [3.05, 3.63) is 41.9 Å². The van der Waals surface area contributed by atoms with Crippen LogP contribution in [-0.2, 0) is 6.54 Å². The van der Waals surface area contributed by atoms with Gasteiger partial charge in [-0.3, -0.25) is 9.67 Å². The lowest BCUT2D eigenvalue weighted by Crippen LogP contribution is -2.00. The number of aryl methyl sites for hydroxylation is 3. The van der Waals surface area contributed by atoms with E-state index in [1.807, 2.05) is 12.1 Å². The second-order valence-corrected chi connectivity index (χ2v) is 5.07. The van der Waals surface area contributed by atoms with Gasteiger partial charge in [-0.25, -0.2) is 4.98 Å². The SMILES string of the molecule is CCCn1nc2nc(-c3ccncc3)cc(C)c2c1C. The molecule has 3 rings (SSSR count). The summed E-state index contributed by atoms with van der Waals surface area (Å²) >= 11 is 0. The average molecular weight is 266 g/mol. The molecule has 0 radical (unpaired) electrons. The zero-order valence-corrected chi connectivity index (χ0v) is 12.1. The zero-order chi connectivity index (χ0) is 14.1. The lowest BCUT2D eigenvalue weighted by Gasteiger charge is -2.03. The number of hydrogen-bond acceptors (Lipinski definition) is 3. The molecule has 0 N–H and O–H groups in total. The maximum absolute atomic E-state index is 4.71. The van der Waals surface area contributed by atoms with Crippen LogP contribution in [0.4, 0.5) is 0 Å². The molecule has 3 aromatic heterocycles. The van der Waals surface area contributed by atoms with Crippen molar-refractivity contribution < 1.29 is 0 Å². The highest BCUT2D eigenvalue weighted by Crippen LogP contribution is 2.25. The topological polar surface area (TPSA) is 43.6 Å². The van der Waals surface area contributed by atoms with Crippen LogP contribution in [-0.4, -0.2) is 19.7 Å². The van der Waals surface area contributed by atoms with Gasteiger partial charge in [-0.2, -0.15) is 5.10 Å². The molecule has 0 unspecified atom stereocenters. The Hall–Kier alpha value is -2.23. The molecular weight excluding hydrogens is 248 g/mol. The van der Waals surface area contributed by atoms with Gasteiger partial charge in [-0.15, -0.1) is 0 Å². The van der Waals surface area contributed by atoms with Gasteiger partial charge in [-0.1, -0.05) is 6.92 Å². The molecule has 0 fully saturated rings. The Bertz CT molecular complexity index is 744. The minimum atomic E-state index is 0.836. The lowest BCUT2D eigenvalue weighted by molar-refractivity contribution is 0.592. The molecule has 0 aliphatic rings. The third-order valence-electron chi connectivity index (χ3n) is 3.57. The van der Waals surface area contributed by atoms with Crippen LogP contribution in [0.25, 0.3) is 22.3 Å². The Kier molecular flexibility index (Phi) is 3.22. The van der Waals surface area contributed by atoms with Gasteiger partial charge in [0.15, 0.2) is 5.65 Å². The molecule has 0 amide bonds. The van der Waals surface area contributed by atoms with E-state index in [4.69, 9.17) is 4.98 Å². The van der Waals surface area contributed by atoms with Crippen molar-refractivity contribution in [2.75, 3.05) is 0 Å². The predicted molar refractivity (Wildman–Crippen MR) is 80.5 cm³/mol. The summed E-state index contributed by atoms with van der Waals surface area (Å²) in [6, 6.07) is 6.08. The van der Waals surface area contributed by atoms with Crippen LogP contribution in [0, 0.1) is 13.8 Å². The summed E-state index contributed by atoms with van der Waals surface area (Å²) in [6.07, 6.45) is 4.65. The monoisotopic (exact) mass is 266 g/mol. The molecule has 0 aliphatic heterocycles. The highest BCUT2D eigenvalue weighted by Gasteiger charge is 2.12. The Morgan fingerprint density at radius 3 is 2.60 bits per heavy atom. The molecule has 0 bridgehead atoms. The summed E-state index contributed by atoms with van der Waals surface area (Å²) in [7, 11) is 0. The fraction of sp³-hybridized carbons (Fsp3) is 0.312. The molecule has 0 spiro atoms. The maximum Gasteiger partial charge on any atom is 0.182 e. The molecule has 20 heavy (non-hydrogen) atoms. The summed E-state index contributed by atoms with van der Waals surface area (Å²) in [5.74, 6) is 0. The maximum atomic E-state index is 4.71. The first-order chi connectivity index (χ1) is 9.70. The van der Waals surface area contributed by atoms with E-state index in [-0.39, 0.29) is 0 Å². The van der Waals surface area contributed by atoms with Crippen LogP contribution >= 0.6 is 0 Å². The van der Waals surface area contributed by atoms with E-state index in [1.165, 1.54) is 16.6 Å². The van der Waals surface area contributed by atoms with Crippen molar-refractivity contribution in [3.63, 3.8) is 0 Å². The number of aromatic nitrogens is 4. The molecular formula is C16H18N4. The second kappa shape index (κ2) is 5.04. The third-order valence-corrected chi connectivity index (χ3v) is 3.57. The quantitative estimate of drug-likeness (QED) is 0.728. The molecule has 0 saturated carbocycles. The van der Waals surface area contributed by atoms with Crippen molar-refractivity contribution in [1.82, 2.24) is 19.7 Å². The highest BCUT2D eigenvalue weighted by atomic mass is 15.3. The van der Waals surface area contributed by atoms with Gasteiger partial charge in [0, 0.05) is 35.6 Å². The fourth-order valence-corrected chi connectivity index (χ4v) is 2.59. The first-order valence-corrected chi connectivity index (χ1v) is 6.96. The van der Waals surface area contributed by atoms with E-state index in [9.17, 15) is 0 Å². The molecule has 4 nitrogen and oxygen atoms in total. The van der Waals surface area contributed by atoms with E-state index in [1.54, 1.807) is 12.4 Å². The summed E-state index contributed by atoms with van der Waals surface area (Å²) in [5, 5.41) is 5.82. The van der Waals surface area contributed by atoms with Crippen molar-refractivity contribution in [3.8, 4) is 11.3 Å². The van der Waals surface area contributed by atoms with Crippen molar-refractivity contribution in [2.24, 2.45) is 0 Å². The van der Waals surface area contributed by atoms with Crippen molar-refractivity contribution in [1.29, 1.82) is 0 Å². The van der Waals surface area contributed by atoms with Gasteiger partial charge in [0.1, 0.15) is 0 Å². The Morgan fingerprint density at radius 2 is 1.90 bits per heavy atom. The number of fused-ring (bicyclic) bond motifs is 1. The summed E-state index contributed by atoms with van der Waals surface area (Å²) < 4.78 is 2.06. The van der Waals surface area contributed by atoms with Crippen molar-refractivity contribution in [2.45, 2.75) is 33.7 Å². The molecule has 3 heterocycles. The van der Waals surface area contributed by atoms with Gasteiger partial charge in [0.2, 0.25) is 0 Å². The number of rotatable bonds is 3. The summed E-state index contributed by atoms with van der Waals surface area (Å²) in [5.41, 5.74) is 5.30. The van der Waals surface area contributed by atoms with Crippen LogP contribution < -0.4 is 0 Å². The van der Waals surface area contributed by atoms with Gasteiger partial charge in [0.25, 0.3) is 0 Å².